The largest absolute Gasteiger partial charge is 0.496 e. The van der Waals surface area contributed by atoms with E-state index >= 15 is 0 Å². The molecule has 5 heteroatoms. The number of hydrogen-bond donors (Lipinski definition) is 0. The summed E-state index contributed by atoms with van der Waals surface area (Å²) in [5.74, 6) is -0.126. The Morgan fingerprint density at radius 3 is 2.48 bits per heavy atom. The van der Waals surface area contributed by atoms with E-state index in [1.807, 2.05) is 12.1 Å². The van der Waals surface area contributed by atoms with Gasteiger partial charge < -0.3 is 18.9 Å². The minimum atomic E-state index is -0.704. The van der Waals surface area contributed by atoms with Crippen molar-refractivity contribution in [2.24, 2.45) is 5.41 Å². The molecule has 124 valence electrons. The normalized spacial score (nSPS) is 55.6. The fraction of sp³-hybridized carbons (Fsp3) is 0.667. The van der Waals surface area contributed by atoms with Crippen LogP contribution in [-0.2, 0) is 14.2 Å². The SMILES string of the molecule is COc1ccccc1P1C2(C)CC34CC(C)(O2)OC3(C)OC14C. The topological polar surface area (TPSA) is 36.9 Å². The summed E-state index contributed by atoms with van der Waals surface area (Å²) in [6.07, 6.45) is 1.91. The van der Waals surface area contributed by atoms with Gasteiger partial charge in [0.05, 0.1) is 17.9 Å². The van der Waals surface area contributed by atoms with Gasteiger partial charge in [-0.05, 0) is 48.1 Å². The van der Waals surface area contributed by atoms with Crippen molar-refractivity contribution in [3.63, 3.8) is 0 Å². The van der Waals surface area contributed by atoms with Crippen molar-refractivity contribution in [3.05, 3.63) is 24.3 Å². The molecule has 4 nitrogen and oxygen atoms in total. The second-order valence-electron chi connectivity index (χ2n) is 7.99. The van der Waals surface area contributed by atoms with E-state index in [9.17, 15) is 0 Å². The zero-order chi connectivity index (χ0) is 16.3. The van der Waals surface area contributed by atoms with Gasteiger partial charge in [0, 0.05) is 11.7 Å². The van der Waals surface area contributed by atoms with E-state index in [0.29, 0.717) is 0 Å². The molecule has 4 aliphatic rings. The lowest BCUT2D eigenvalue weighted by atomic mass is 9.64. The van der Waals surface area contributed by atoms with Crippen LogP contribution in [0.3, 0.4) is 0 Å². The van der Waals surface area contributed by atoms with Gasteiger partial charge in [0.1, 0.15) is 11.1 Å². The number of benzene rings is 1. The molecule has 4 saturated heterocycles. The van der Waals surface area contributed by atoms with E-state index < -0.39 is 19.5 Å². The van der Waals surface area contributed by atoms with E-state index in [-0.39, 0.29) is 16.1 Å². The maximum atomic E-state index is 6.61. The highest BCUT2D eigenvalue weighted by molar-refractivity contribution is 7.69. The molecule has 3 bridgehead atoms. The first-order valence-corrected chi connectivity index (χ1v) is 9.59. The van der Waals surface area contributed by atoms with Crippen molar-refractivity contribution in [1.82, 2.24) is 0 Å². The minimum Gasteiger partial charge on any atom is -0.496 e. The molecule has 1 aromatic carbocycles. The molecule has 1 aromatic rings. The second kappa shape index (κ2) is 3.77. The highest BCUT2D eigenvalue weighted by Gasteiger charge is 2.90. The molecule has 6 unspecified atom stereocenters. The molecule has 0 N–H and O–H groups in total. The minimum absolute atomic E-state index is 0.0360. The summed E-state index contributed by atoms with van der Waals surface area (Å²) in [5.41, 5.74) is 0.0360. The van der Waals surface area contributed by atoms with E-state index in [1.165, 1.54) is 5.30 Å². The Morgan fingerprint density at radius 2 is 1.74 bits per heavy atom. The Labute approximate surface area is 138 Å². The lowest BCUT2D eigenvalue weighted by Crippen LogP contribution is -2.69. The third-order valence-corrected chi connectivity index (χ3v) is 9.89. The van der Waals surface area contributed by atoms with Crippen LogP contribution in [0.1, 0.15) is 40.5 Å². The summed E-state index contributed by atoms with van der Waals surface area (Å²) in [6, 6.07) is 8.32. The summed E-state index contributed by atoms with van der Waals surface area (Å²) in [7, 11) is 1.03. The van der Waals surface area contributed by atoms with E-state index in [2.05, 4.69) is 39.8 Å². The van der Waals surface area contributed by atoms with Gasteiger partial charge >= 0.3 is 0 Å². The predicted octanol–water partition coefficient (Wildman–Crippen LogP) is 3.54. The average Bonchev–Trinajstić information content (AvgIpc) is 2.66. The summed E-state index contributed by atoms with van der Waals surface area (Å²) >= 11 is 0. The molecular weight excluding hydrogens is 311 g/mol. The van der Waals surface area contributed by atoms with E-state index in [0.717, 1.165) is 18.6 Å². The average molecular weight is 334 g/mol. The molecule has 4 heterocycles. The molecule has 0 aliphatic carbocycles. The third-order valence-electron chi connectivity index (χ3n) is 6.48. The predicted molar refractivity (Wildman–Crippen MR) is 88.1 cm³/mol. The van der Waals surface area contributed by atoms with Crippen LogP contribution in [0.15, 0.2) is 24.3 Å². The fourth-order valence-electron chi connectivity index (χ4n) is 6.03. The molecule has 1 spiro atoms. The van der Waals surface area contributed by atoms with Crippen LogP contribution in [-0.4, -0.2) is 29.4 Å². The van der Waals surface area contributed by atoms with Gasteiger partial charge in [-0.3, -0.25) is 0 Å². The van der Waals surface area contributed by atoms with Crippen LogP contribution in [0.5, 0.6) is 5.75 Å². The van der Waals surface area contributed by atoms with Gasteiger partial charge in [-0.25, -0.2) is 0 Å². The lowest BCUT2D eigenvalue weighted by Gasteiger charge is -2.62. The summed E-state index contributed by atoms with van der Waals surface area (Å²) < 4.78 is 25.0. The molecule has 0 radical (unpaired) electrons. The zero-order valence-corrected chi connectivity index (χ0v) is 15.2. The standard InChI is InChI=1S/C18H23O4P/c1-14-10-18-11-15(2,20-14)23(13-9-7-6-8-12(13)19-5)17(18,4)22-16(18,3)21-14/h6-9H,10-11H2,1-5H3. The number of rotatable bonds is 2. The molecule has 0 amide bonds. The van der Waals surface area contributed by atoms with Crippen molar-refractivity contribution in [1.29, 1.82) is 0 Å². The molecule has 0 aromatic heterocycles. The van der Waals surface area contributed by atoms with Crippen molar-refractivity contribution in [2.45, 2.75) is 62.8 Å². The maximum absolute atomic E-state index is 6.61. The molecule has 23 heavy (non-hydrogen) atoms. The van der Waals surface area contributed by atoms with Crippen LogP contribution in [0.25, 0.3) is 0 Å². The third kappa shape index (κ3) is 1.37. The smallest absolute Gasteiger partial charge is 0.179 e. The first kappa shape index (κ1) is 14.7. The number of ether oxygens (including phenoxy) is 4. The molecular formula is C18H23O4P. The maximum Gasteiger partial charge on any atom is 0.179 e. The Balaban J connectivity index is 1.74. The Hall–Kier alpha value is -0.670. The van der Waals surface area contributed by atoms with E-state index in [1.54, 1.807) is 7.11 Å². The van der Waals surface area contributed by atoms with Gasteiger partial charge in [0.2, 0.25) is 0 Å². The summed E-state index contributed by atoms with van der Waals surface area (Å²) in [5, 5.41) is 0.763. The summed E-state index contributed by atoms with van der Waals surface area (Å²) in [6.45, 7) is 8.67. The highest BCUT2D eigenvalue weighted by atomic mass is 31.1. The van der Waals surface area contributed by atoms with Crippen molar-refractivity contribution in [3.8, 4) is 5.75 Å². The van der Waals surface area contributed by atoms with Gasteiger partial charge in [-0.2, -0.15) is 0 Å². The highest BCUT2D eigenvalue weighted by Crippen LogP contribution is 2.90. The molecule has 0 saturated carbocycles. The first-order chi connectivity index (χ1) is 10.7. The zero-order valence-electron chi connectivity index (χ0n) is 14.3. The van der Waals surface area contributed by atoms with Crippen LogP contribution in [0.4, 0.5) is 0 Å². The van der Waals surface area contributed by atoms with Crippen molar-refractivity contribution >= 4 is 13.2 Å². The molecule has 4 fully saturated rings. The quantitative estimate of drug-likeness (QED) is 0.775. The van der Waals surface area contributed by atoms with E-state index in [4.69, 9.17) is 18.9 Å². The van der Waals surface area contributed by atoms with Crippen molar-refractivity contribution in [2.75, 3.05) is 7.11 Å². The molecule has 5 rings (SSSR count). The van der Waals surface area contributed by atoms with Crippen molar-refractivity contribution < 1.29 is 18.9 Å². The second-order valence-corrected chi connectivity index (χ2v) is 10.9. The Morgan fingerprint density at radius 1 is 1.00 bits per heavy atom. The van der Waals surface area contributed by atoms with Gasteiger partial charge in [0.15, 0.2) is 11.6 Å². The van der Waals surface area contributed by atoms with Gasteiger partial charge in [-0.15, -0.1) is 0 Å². The first-order valence-electron chi connectivity index (χ1n) is 8.25. The lowest BCUT2D eigenvalue weighted by molar-refractivity contribution is -0.408. The number of hydrogen-bond acceptors (Lipinski definition) is 4. The van der Waals surface area contributed by atoms with Gasteiger partial charge in [-0.1, -0.05) is 18.2 Å². The van der Waals surface area contributed by atoms with Crippen LogP contribution >= 0.6 is 7.92 Å². The molecule has 6 atom stereocenters. The Bertz CT molecular complexity index is 725. The fourth-order valence-corrected chi connectivity index (χ4v) is 10.3. The number of para-hydroxylation sites is 1. The summed E-state index contributed by atoms with van der Waals surface area (Å²) in [4.78, 5) is 0. The van der Waals surface area contributed by atoms with Gasteiger partial charge in [0.25, 0.3) is 0 Å². The Kier molecular flexibility index (Phi) is 2.40. The van der Waals surface area contributed by atoms with Crippen LogP contribution < -0.4 is 10.0 Å². The van der Waals surface area contributed by atoms with Crippen LogP contribution in [0, 0.1) is 5.41 Å². The monoisotopic (exact) mass is 334 g/mol. The van der Waals surface area contributed by atoms with Crippen LogP contribution in [0.2, 0.25) is 0 Å². The number of fused-ring (bicyclic) bond motifs is 2. The number of methoxy groups -OCH3 is 1. The molecule has 4 aliphatic heterocycles.